The fraction of sp³-hybridized carbons (Fsp3) is 0.111. The maximum absolute atomic E-state index is 12.2. The molecule has 0 atom stereocenters. The summed E-state index contributed by atoms with van der Waals surface area (Å²) in [6, 6.07) is 9.23. The number of hydrogen-bond acceptors (Lipinski definition) is 7. The highest BCUT2D eigenvalue weighted by Gasteiger charge is 2.20. The molecule has 0 aliphatic heterocycles. The van der Waals surface area contributed by atoms with E-state index in [1.165, 1.54) is 11.3 Å². The highest BCUT2D eigenvalue weighted by atomic mass is 32.1. The minimum Gasteiger partial charge on any atom is -0.410 e. The lowest BCUT2D eigenvalue weighted by atomic mass is 10.0. The zero-order chi connectivity index (χ0) is 19.0. The molecule has 0 radical (unpaired) electrons. The molecule has 27 heavy (non-hydrogen) atoms. The number of hydrogen-bond donors (Lipinski definition) is 4. The molecule has 1 aromatic carbocycles. The number of nitrogens with two attached hydrogens (primary N) is 1. The van der Waals surface area contributed by atoms with Crippen LogP contribution >= 0.6 is 11.3 Å². The fourth-order valence-corrected chi connectivity index (χ4v) is 3.88. The van der Waals surface area contributed by atoms with Crippen LogP contribution in [0.15, 0.2) is 41.7 Å². The number of H-pyrrole nitrogens is 1. The number of anilines is 1. The maximum Gasteiger partial charge on any atom is 0.261 e. The lowest BCUT2D eigenvalue weighted by Gasteiger charge is -2.07. The van der Waals surface area contributed by atoms with Crippen molar-refractivity contribution in [2.45, 2.75) is 6.92 Å². The van der Waals surface area contributed by atoms with Gasteiger partial charge < -0.3 is 21.2 Å². The number of nitrogens with one attached hydrogen (secondary N) is 2. The Hall–Kier alpha value is -3.46. The first-order valence-electron chi connectivity index (χ1n) is 8.26. The summed E-state index contributed by atoms with van der Waals surface area (Å²) in [4.78, 5) is 24.8. The Morgan fingerprint density at radius 2 is 2.19 bits per heavy atom. The lowest BCUT2D eigenvalue weighted by molar-refractivity contribution is 0.0960. The smallest absolute Gasteiger partial charge is 0.261 e. The van der Waals surface area contributed by atoms with Crippen molar-refractivity contribution < 1.29 is 10.0 Å². The normalized spacial score (nSPS) is 12.0. The van der Waals surface area contributed by atoms with Gasteiger partial charge in [-0.05, 0) is 31.2 Å². The van der Waals surface area contributed by atoms with Gasteiger partial charge in [-0.15, -0.1) is 11.3 Å². The van der Waals surface area contributed by atoms with Crippen LogP contribution in [0.5, 0.6) is 0 Å². The Kier molecular flexibility index (Phi) is 4.21. The van der Waals surface area contributed by atoms with Crippen molar-refractivity contribution in [3.05, 3.63) is 52.7 Å². The van der Waals surface area contributed by atoms with Gasteiger partial charge in [0.15, 0.2) is 0 Å². The number of fused-ring (bicyclic) bond motifs is 2. The molecular weight excluding hydrogens is 364 g/mol. The van der Waals surface area contributed by atoms with E-state index in [1.807, 2.05) is 37.4 Å². The minimum atomic E-state index is -0.193. The molecule has 0 aliphatic carbocycles. The van der Waals surface area contributed by atoms with Crippen LogP contribution in [0.2, 0.25) is 0 Å². The van der Waals surface area contributed by atoms with E-state index in [1.54, 1.807) is 6.07 Å². The molecule has 0 fully saturated rings. The SMILES string of the molecule is CCNC(=O)c1cc2c(/C(=N/O)c3ccc4[nH]ccc4c3)nc(N)nc2s1. The number of carbonyl (C=O) groups is 1. The molecule has 4 aromatic rings. The van der Waals surface area contributed by atoms with Crippen molar-refractivity contribution >= 4 is 50.0 Å². The van der Waals surface area contributed by atoms with Crippen LogP contribution in [0, 0.1) is 0 Å². The molecule has 9 heteroatoms. The third kappa shape index (κ3) is 2.97. The molecule has 0 unspecified atom stereocenters. The van der Waals surface area contributed by atoms with Gasteiger partial charge in [0.2, 0.25) is 5.95 Å². The maximum atomic E-state index is 12.2. The number of rotatable bonds is 4. The highest BCUT2D eigenvalue weighted by Crippen LogP contribution is 2.29. The molecule has 5 N–H and O–H groups in total. The van der Waals surface area contributed by atoms with Gasteiger partial charge in [0.1, 0.15) is 16.2 Å². The second-order valence-corrected chi connectivity index (χ2v) is 6.88. The Labute approximate surface area is 157 Å². The monoisotopic (exact) mass is 380 g/mol. The Bertz CT molecular complexity index is 1190. The number of thiophene rings is 1. The number of benzene rings is 1. The van der Waals surface area contributed by atoms with Gasteiger partial charge in [-0.3, -0.25) is 4.79 Å². The van der Waals surface area contributed by atoms with E-state index in [4.69, 9.17) is 5.73 Å². The average Bonchev–Trinajstić information content (AvgIpc) is 3.28. The third-order valence-corrected chi connectivity index (χ3v) is 5.15. The summed E-state index contributed by atoms with van der Waals surface area (Å²) in [5.41, 5.74) is 8.14. The molecule has 3 aromatic heterocycles. The van der Waals surface area contributed by atoms with Crippen molar-refractivity contribution in [3.63, 3.8) is 0 Å². The minimum absolute atomic E-state index is 0.0469. The van der Waals surface area contributed by atoms with Crippen molar-refractivity contribution in [3.8, 4) is 0 Å². The number of nitrogens with zero attached hydrogens (tertiary/aromatic N) is 3. The van der Waals surface area contributed by atoms with E-state index < -0.39 is 0 Å². The predicted octanol–water partition coefficient (Wildman–Crippen LogP) is 2.73. The number of amides is 1. The largest absolute Gasteiger partial charge is 0.410 e. The van der Waals surface area contributed by atoms with E-state index in [0.717, 1.165) is 10.9 Å². The highest BCUT2D eigenvalue weighted by molar-refractivity contribution is 7.20. The molecule has 4 rings (SSSR count). The van der Waals surface area contributed by atoms with Crippen LogP contribution in [-0.2, 0) is 0 Å². The second-order valence-electron chi connectivity index (χ2n) is 5.85. The Morgan fingerprint density at radius 3 is 2.96 bits per heavy atom. The second kappa shape index (κ2) is 6.69. The number of oxime groups is 1. The van der Waals surface area contributed by atoms with Gasteiger partial charge in [-0.1, -0.05) is 11.2 Å². The number of nitrogen functional groups attached to an aromatic ring is 1. The third-order valence-electron chi connectivity index (χ3n) is 4.12. The van der Waals surface area contributed by atoms with Crippen LogP contribution in [0.3, 0.4) is 0 Å². The average molecular weight is 380 g/mol. The first-order chi connectivity index (χ1) is 13.1. The van der Waals surface area contributed by atoms with Gasteiger partial charge in [-0.25, -0.2) is 9.97 Å². The number of aromatic nitrogens is 3. The summed E-state index contributed by atoms with van der Waals surface area (Å²) in [5.74, 6) is -0.146. The van der Waals surface area contributed by atoms with Crippen molar-refractivity contribution in [2.75, 3.05) is 12.3 Å². The predicted molar refractivity (Wildman–Crippen MR) is 106 cm³/mol. The molecule has 0 saturated carbocycles. The van der Waals surface area contributed by atoms with E-state index in [-0.39, 0.29) is 17.6 Å². The van der Waals surface area contributed by atoms with Crippen molar-refractivity contribution in [1.82, 2.24) is 20.3 Å². The molecule has 0 saturated heterocycles. The molecular formula is C18H16N6O2S. The zero-order valence-corrected chi connectivity index (χ0v) is 15.2. The first-order valence-corrected chi connectivity index (χ1v) is 9.07. The molecule has 1 amide bonds. The van der Waals surface area contributed by atoms with Gasteiger partial charge in [-0.2, -0.15) is 0 Å². The zero-order valence-electron chi connectivity index (χ0n) is 14.4. The summed E-state index contributed by atoms with van der Waals surface area (Å²) < 4.78 is 0. The first kappa shape index (κ1) is 17.0. The molecule has 8 nitrogen and oxygen atoms in total. The molecule has 0 aliphatic rings. The summed E-state index contributed by atoms with van der Waals surface area (Å²) in [5, 5.41) is 17.5. The number of carbonyl (C=O) groups excluding carboxylic acids is 1. The standard InChI is InChI=1S/C18H16N6O2S/c1-2-20-16(25)13-8-11-15(22-18(19)23-17(11)27-13)14(24-26)10-3-4-12-9(7-10)5-6-21-12/h3-8,21,26H,2H2,1H3,(H,20,25)(H2,19,22,23)/b24-14+. The fourth-order valence-electron chi connectivity index (χ4n) is 2.92. The van der Waals surface area contributed by atoms with Gasteiger partial charge in [0.05, 0.1) is 4.88 Å². The summed E-state index contributed by atoms with van der Waals surface area (Å²) >= 11 is 1.22. The molecule has 136 valence electrons. The van der Waals surface area contributed by atoms with Crippen LogP contribution in [0.4, 0.5) is 5.95 Å². The Morgan fingerprint density at radius 1 is 1.33 bits per heavy atom. The molecule has 0 spiro atoms. The van der Waals surface area contributed by atoms with E-state index in [0.29, 0.717) is 32.9 Å². The lowest BCUT2D eigenvalue weighted by Crippen LogP contribution is -2.21. The van der Waals surface area contributed by atoms with Crippen LogP contribution in [0.1, 0.15) is 27.9 Å². The van der Waals surface area contributed by atoms with Gasteiger partial charge in [0, 0.05) is 34.6 Å². The topological polar surface area (TPSA) is 129 Å². The van der Waals surface area contributed by atoms with Crippen LogP contribution < -0.4 is 11.1 Å². The summed E-state index contributed by atoms with van der Waals surface area (Å²) in [6.07, 6.45) is 1.84. The summed E-state index contributed by atoms with van der Waals surface area (Å²) in [6.45, 7) is 2.37. The van der Waals surface area contributed by atoms with Crippen molar-refractivity contribution in [1.29, 1.82) is 0 Å². The van der Waals surface area contributed by atoms with E-state index >= 15 is 0 Å². The van der Waals surface area contributed by atoms with E-state index in [2.05, 4.69) is 25.4 Å². The van der Waals surface area contributed by atoms with Gasteiger partial charge in [0.25, 0.3) is 5.91 Å². The molecule has 0 bridgehead atoms. The van der Waals surface area contributed by atoms with Gasteiger partial charge >= 0.3 is 0 Å². The Balaban J connectivity index is 1.88. The molecule has 3 heterocycles. The number of aromatic amines is 1. The van der Waals surface area contributed by atoms with E-state index in [9.17, 15) is 10.0 Å². The van der Waals surface area contributed by atoms with Crippen molar-refractivity contribution in [2.24, 2.45) is 5.16 Å². The summed E-state index contributed by atoms with van der Waals surface area (Å²) in [7, 11) is 0. The van der Waals surface area contributed by atoms with Crippen LogP contribution in [0.25, 0.3) is 21.1 Å². The quantitative estimate of drug-likeness (QED) is 0.246. The van der Waals surface area contributed by atoms with Crippen LogP contribution in [-0.4, -0.2) is 38.3 Å².